The first-order chi connectivity index (χ1) is 13.2. The van der Waals surface area contributed by atoms with E-state index in [1.54, 1.807) is 30.3 Å². The van der Waals surface area contributed by atoms with Crippen molar-refractivity contribution in [1.82, 2.24) is 0 Å². The number of allylic oxidation sites excluding steroid dienone is 1. The van der Waals surface area contributed by atoms with Crippen LogP contribution in [-0.2, 0) is 15.7 Å². The lowest BCUT2D eigenvalue weighted by atomic mass is 10.0. The van der Waals surface area contributed by atoms with Gasteiger partial charge >= 0.3 is 12.1 Å². The van der Waals surface area contributed by atoms with Crippen LogP contribution < -0.4 is 4.74 Å². The fraction of sp³-hybridized carbons (Fsp3) is 0.143. The largest absolute Gasteiger partial charge is 0.457 e. The zero-order valence-electron chi connectivity index (χ0n) is 14.9. The minimum absolute atomic E-state index is 0.220. The summed E-state index contributed by atoms with van der Waals surface area (Å²) in [5.41, 5.74) is 0.738. The van der Waals surface area contributed by atoms with E-state index in [-0.39, 0.29) is 17.9 Å². The number of alkyl halides is 3. The molecule has 4 nitrogen and oxygen atoms in total. The molecule has 7 heteroatoms. The molecular weight excluding hydrogens is 371 g/mol. The monoisotopic (exact) mass is 387 g/mol. The van der Waals surface area contributed by atoms with Crippen LogP contribution in [0.3, 0.4) is 0 Å². The molecule has 0 saturated carbocycles. The Morgan fingerprint density at radius 2 is 1.75 bits per heavy atom. The minimum Gasteiger partial charge on any atom is -0.457 e. The second kappa shape index (κ2) is 8.91. The van der Waals surface area contributed by atoms with Crippen molar-refractivity contribution in [3.8, 4) is 11.8 Å². The Balaban J connectivity index is 2.07. The number of nitrogens with zero attached hydrogens (tertiary/aromatic N) is 1. The molecule has 0 heterocycles. The molecule has 0 N–H and O–H groups in total. The molecule has 2 aromatic carbocycles. The van der Waals surface area contributed by atoms with Crippen LogP contribution in [0.15, 0.2) is 60.7 Å². The van der Waals surface area contributed by atoms with Gasteiger partial charge in [-0.15, -0.1) is 0 Å². The van der Waals surface area contributed by atoms with Crippen LogP contribution >= 0.6 is 0 Å². The summed E-state index contributed by atoms with van der Waals surface area (Å²) in [5.74, 6) is -0.116. The molecule has 0 bridgehead atoms. The number of nitriles is 1. The van der Waals surface area contributed by atoms with Crippen LogP contribution in [0.4, 0.5) is 13.2 Å². The first kappa shape index (κ1) is 20.8. The van der Waals surface area contributed by atoms with Gasteiger partial charge in [0.1, 0.15) is 5.75 Å². The van der Waals surface area contributed by atoms with Gasteiger partial charge in [-0.25, -0.2) is 4.79 Å². The number of hydrogen-bond acceptors (Lipinski definition) is 4. The molecule has 0 amide bonds. The summed E-state index contributed by atoms with van der Waals surface area (Å²) in [5, 5.41) is 9.32. The number of esters is 1. The number of rotatable bonds is 6. The highest BCUT2D eigenvalue weighted by molar-refractivity contribution is 5.89. The summed E-state index contributed by atoms with van der Waals surface area (Å²) in [4.78, 5) is 11.2. The second-order valence-electron chi connectivity index (χ2n) is 5.79. The van der Waals surface area contributed by atoms with Gasteiger partial charge < -0.3 is 9.47 Å². The van der Waals surface area contributed by atoms with E-state index in [1.165, 1.54) is 19.1 Å². The third kappa shape index (κ3) is 5.74. The Labute approximate surface area is 160 Å². The van der Waals surface area contributed by atoms with E-state index in [0.717, 1.165) is 12.1 Å². The maximum absolute atomic E-state index is 12.6. The molecule has 2 aromatic rings. The van der Waals surface area contributed by atoms with Crippen LogP contribution in [-0.4, -0.2) is 12.8 Å². The Bertz CT molecular complexity index is 921. The van der Waals surface area contributed by atoms with Gasteiger partial charge in [-0.05, 0) is 48.4 Å². The van der Waals surface area contributed by atoms with E-state index in [4.69, 9.17) is 9.47 Å². The maximum Gasteiger partial charge on any atom is 0.416 e. The molecule has 0 atom stereocenters. The lowest BCUT2D eigenvalue weighted by Crippen LogP contribution is -2.10. The van der Waals surface area contributed by atoms with Gasteiger partial charge in [0.05, 0.1) is 17.2 Å². The molecule has 0 radical (unpaired) electrons. The molecule has 0 saturated heterocycles. The zero-order valence-corrected chi connectivity index (χ0v) is 14.9. The maximum atomic E-state index is 12.6. The second-order valence-corrected chi connectivity index (χ2v) is 5.79. The van der Waals surface area contributed by atoms with E-state index in [0.29, 0.717) is 16.9 Å². The van der Waals surface area contributed by atoms with Gasteiger partial charge in [-0.1, -0.05) is 30.8 Å². The number of halogens is 3. The van der Waals surface area contributed by atoms with Gasteiger partial charge in [-0.2, -0.15) is 18.4 Å². The first-order valence-electron chi connectivity index (χ1n) is 8.05. The normalized spacial score (nSPS) is 11.5. The zero-order chi connectivity index (χ0) is 20.7. The number of hydrogen-bond donors (Lipinski definition) is 0. The van der Waals surface area contributed by atoms with Crippen molar-refractivity contribution in [2.24, 2.45) is 0 Å². The van der Waals surface area contributed by atoms with Crippen LogP contribution in [0, 0.1) is 11.3 Å². The highest BCUT2D eigenvalue weighted by atomic mass is 19.4. The molecule has 0 fully saturated rings. The van der Waals surface area contributed by atoms with Crippen molar-refractivity contribution < 1.29 is 27.4 Å². The molecule has 2 rings (SSSR count). The summed E-state index contributed by atoms with van der Waals surface area (Å²) in [7, 11) is 0. The van der Waals surface area contributed by atoms with Crippen molar-refractivity contribution in [2.45, 2.75) is 13.1 Å². The summed E-state index contributed by atoms with van der Waals surface area (Å²) < 4.78 is 48.0. The van der Waals surface area contributed by atoms with Gasteiger partial charge in [0.2, 0.25) is 6.79 Å². The van der Waals surface area contributed by atoms with E-state index < -0.39 is 17.7 Å². The lowest BCUT2D eigenvalue weighted by Gasteiger charge is -2.08. The van der Waals surface area contributed by atoms with Crippen molar-refractivity contribution in [3.63, 3.8) is 0 Å². The quantitative estimate of drug-likeness (QED) is 0.224. The van der Waals surface area contributed by atoms with E-state index >= 15 is 0 Å². The van der Waals surface area contributed by atoms with E-state index in [2.05, 4.69) is 6.58 Å². The molecule has 0 unspecified atom stereocenters. The molecule has 0 aliphatic rings. The predicted molar refractivity (Wildman–Crippen MR) is 97.8 cm³/mol. The SMILES string of the molecule is C=C(C)C(=O)OCOc1ccc(/C=C(\C#N)c2ccc(C(F)(F)F)cc2)cc1. The van der Waals surface area contributed by atoms with Crippen LogP contribution in [0.1, 0.15) is 23.6 Å². The van der Waals surface area contributed by atoms with Crippen LogP contribution in [0.5, 0.6) is 5.75 Å². The molecule has 0 spiro atoms. The van der Waals surface area contributed by atoms with Gasteiger partial charge in [-0.3, -0.25) is 0 Å². The fourth-order valence-corrected chi connectivity index (χ4v) is 2.12. The lowest BCUT2D eigenvalue weighted by molar-refractivity contribution is -0.145. The summed E-state index contributed by atoms with van der Waals surface area (Å²) in [6, 6.07) is 12.9. The molecule has 28 heavy (non-hydrogen) atoms. The minimum atomic E-state index is -4.43. The smallest absolute Gasteiger partial charge is 0.416 e. The van der Waals surface area contributed by atoms with Crippen molar-refractivity contribution >= 4 is 17.6 Å². The Hall–Kier alpha value is -3.53. The molecular formula is C21H16F3NO3. The van der Waals surface area contributed by atoms with Gasteiger partial charge in [0.25, 0.3) is 0 Å². The Morgan fingerprint density at radius 3 is 2.25 bits per heavy atom. The van der Waals surface area contributed by atoms with Gasteiger partial charge in [0.15, 0.2) is 0 Å². The van der Waals surface area contributed by atoms with Crippen LogP contribution in [0.25, 0.3) is 11.6 Å². The summed E-state index contributed by atoms with van der Waals surface area (Å²) in [6.45, 7) is 4.70. The van der Waals surface area contributed by atoms with Crippen molar-refractivity contribution in [1.29, 1.82) is 5.26 Å². The topological polar surface area (TPSA) is 59.3 Å². The van der Waals surface area contributed by atoms with Crippen molar-refractivity contribution in [2.75, 3.05) is 6.79 Å². The predicted octanol–water partition coefficient (Wildman–Crippen LogP) is 5.23. The Kier molecular flexibility index (Phi) is 6.61. The third-order valence-corrected chi connectivity index (χ3v) is 3.60. The molecule has 0 aliphatic carbocycles. The number of ether oxygens (including phenoxy) is 2. The highest BCUT2D eigenvalue weighted by Gasteiger charge is 2.30. The first-order valence-corrected chi connectivity index (χ1v) is 8.05. The summed E-state index contributed by atoms with van der Waals surface area (Å²) in [6.07, 6.45) is -2.88. The van der Waals surface area contributed by atoms with Crippen molar-refractivity contribution in [3.05, 3.63) is 77.4 Å². The van der Waals surface area contributed by atoms with Gasteiger partial charge in [0, 0.05) is 5.57 Å². The highest BCUT2D eigenvalue weighted by Crippen LogP contribution is 2.30. The standard InChI is InChI=1S/C21H16F3NO3/c1-14(2)20(26)28-13-27-19-9-3-15(4-10-19)11-17(12-25)16-5-7-18(8-6-16)21(22,23)24/h3-11H,1,13H2,2H3/b17-11+. The van der Waals surface area contributed by atoms with E-state index in [9.17, 15) is 23.2 Å². The van der Waals surface area contributed by atoms with Crippen LogP contribution in [0.2, 0.25) is 0 Å². The molecule has 144 valence electrons. The van der Waals surface area contributed by atoms with E-state index in [1.807, 2.05) is 6.07 Å². The number of carbonyl (C=O) groups excluding carboxylic acids is 1. The molecule has 0 aliphatic heterocycles. The Morgan fingerprint density at radius 1 is 1.14 bits per heavy atom. The third-order valence-electron chi connectivity index (χ3n) is 3.60. The average molecular weight is 387 g/mol. The number of benzene rings is 2. The summed E-state index contributed by atoms with van der Waals surface area (Å²) >= 11 is 0. The number of carbonyl (C=O) groups is 1. The average Bonchev–Trinajstić information content (AvgIpc) is 2.66. The molecule has 0 aromatic heterocycles. The fourth-order valence-electron chi connectivity index (χ4n) is 2.12.